The maximum atomic E-state index is 12.2. The molecule has 2 amide bonds. The van der Waals surface area contributed by atoms with Crippen LogP contribution in [0.15, 0.2) is 18.2 Å². The van der Waals surface area contributed by atoms with E-state index in [0.717, 1.165) is 16.8 Å². The van der Waals surface area contributed by atoms with Gasteiger partial charge < -0.3 is 15.3 Å². The molecule has 0 bridgehead atoms. The van der Waals surface area contributed by atoms with Gasteiger partial charge in [0, 0.05) is 18.3 Å². The number of aliphatic carboxylic acids is 1. The lowest BCUT2D eigenvalue weighted by Crippen LogP contribution is -2.41. The molecule has 0 radical (unpaired) electrons. The van der Waals surface area contributed by atoms with E-state index in [1.54, 1.807) is 0 Å². The second kappa shape index (κ2) is 6.93. The molecule has 0 aliphatic carbocycles. The second-order valence-electron chi connectivity index (χ2n) is 5.16. The van der Waals surface area contributed by atoms with Crippen LogP contribution < -0.4 is 5.32 Å². The molecule has 0 fully saturated rings. The standard InChI is InChI=1S/C15H22N2O3/c1-10(2)17(8-7-14(18)19)15(20)16-13-6-5-11(3)12(4)9-13/h5-6,9-10H,7-8H2,1-4H3,(H,16,20)(H,18,19). The molecule has 0 spiro atoms. The fourth-order valence-corrected chi connectivity index (χ4v) is 1.82. The maximum Gasteiger partial charge on any atom is 0.322 e. The molecule has 1 aromatic rings. The van der Waals surface area contributed by atoms with Gasteiger partial charge >= 0.3 is 12.0 Å². The normalized spacial score (nSPS) is 10.4. The van der Waals surface area contributed by atoms with Gasteiger partial charge in [-0.05, 0) is 51.0 Å². The summed E-state index contributed by atoms with van der Waals surface area (Å²) in [6, 6.07) is 5.37. The van der Waals surface area contributed by atoms with Crippen molar-refractivity contribution in [3.05, 3.63) is 29.3 Å². The van der Waals surface area contributed by atoms with E-state index in [1.165, 1.54) is 4.90 Å². The van der Waals surface area contributed by atoms with Gasteiger partial charge in [-0.25, -0.2) is 4.79 Å². The number of rotatable bonds is 5. The molecule has 0 atom stereocenters. The molecule has 5 heteroatoms. The number of carboxylic acid groups (broad SMARTS) is 1. The number of carbonyl (C=O) groups excluding carboxylic acids is 1. The molecule has 0 aliphatic rings. The summed E-state index contributed by atoms with van der Waals surface area (Å²) < 4.78 is 0. The minimum Gasteiger partial charge on any atom is -0.481 e. The third kappa shape index (κ3) is 4.57. The highest BCUT2D eigenvalue weighted by Crippen LogP contribution is 2.15. The van der Waals surface area contributed by atoms with Crippen LogP contribution in [0.5, 0.6) is 0 Å². The van der Waals surface area contributed by atoms with Crippen molar-refractivity contribution in [3.8, 4) is 0 Å². The fourth-order valence-electron chi connectivity index (χ4n) is 1.82. The molecule has 0 unspecified atom stereocenters. The van der Waals surface area contributed by atoms with E-state index >= 15 is 0 Å². The Bertz CT molecular complexity index is 498. The van der Waals surface area contributed by atoms with Gasteiger partial charge in [-0.2, -0.15) is 0 Å². The molecule has 2 N–H and O–H groups in total. The number of nitrogens with one attached hydrogen (secondary N) is 1. The summed E-state index contributed by atoms with van der Waals surface area (Å²) in [4.78, 5) is 24.3. The molecule has 1 rings (SSSR count). The van der Waals surface area contributed by atoms with Crippen LogP contribution in [0, 0.1) is 13.8 Å². The molecular weight excluding hydrogens is 256 g/mol. The van der Waals surface area contributed by atoms with E-state index in [0.29, 0.717) is 0 Å². The van der Waals surface area contributed by atoms with Gasteiger partial charge in [0.15, 0.2) is 0 Å². The highest BCUT2D eigenvalue weighted by molar-refractivity contribution is 5.89. The van der Waals surface area contributed by atoms with Crippen molar-refractivity contribution in [2.24, 2.45) is 0 Å². The lowest BCUT2D eigenvalue weighted by molar-refractivity contribution is -0.137. The van der Waals surface area contributed by atoms with Crippen LogP contribution in [0.4, 0.5) is 10.5 Å². The van der Waals surface area contributed by atoms with Crippen LogP contribution in [0.25, 0.3) is 0 Å². The number of aryl methyl sites for hydroxylation is 2. The number of hydrogen-bond donors (Lipinski definition) is 2. The first-order valence-corrected chi connectivity index (χ1v) is 6.68. The van der Waals surface area contributed by atoms with Crippen molar-refractivity contribution in [3.63, 3.8) is 0 Å². The van der Waals surface area contributed by atoms with Crippen LogP contribution in [0.2, 0.25) is 0 Å². The Balaban J connectivity index is 2.74. The van der Waals surface area contributed by atoms with Crippen LogP contribution in [0.1, 0.15) is 31.4 Å². The first-order valence-electron chi connectivity index (χ1n) is 6.68. The average molecular weight is 278 g/mol. The molecule has 5 nitrogen and oxygen atoms in total. The summed E-state index contributed by atoms with van der Waals surface area (Å²) in [5.41, 5.74) is 2.98. The number of amides is 2. The highest BCUT2D eigenvalue weighted by atomic mass is 16.4. The SMILES string of the molecule is Cc1ccc(NC(=O)N(CCC(=O)O)C(C)C)cc1C. The number of carboxylic acids is 1. The van der Waals surface area contributed by atoms with Crippen molar-refractivity contribution in [1.29, 1.82) is 0 Å². The fraction of sp³-hybridized carbons (Fsp3) is 0.467. The Morgan fingerprint density at radius 1 is 1.25 bits per heavy atom. The Morgan fingerprint density at radius 2 is 1.90 bits per heavy atom. The van der Waals surface area contributed by atoms with Crippen LogP contribution in [0.3, 0.4) is 0 Å². The number of urea groups is 1. The van der Waals surface area contributed by atoms with E-state index in [9.17, 15) is 9.59 Å². The van der Waals surface area contributed by atoms with E-state index in [2.05, 4.69) is 5.32 Å². The van der Waals surface area contributed by atoms with Crippen molar-refractivity contribution in [2.75, 3.05) is 11.9 Å². The zero-order valence-corrected chi connectivity index (χ0v) is 12.4. The first kappa shape index (κ1) is 16.0. The monoisotopic (exact) mass is 278 g/mol. The topological polar surface area (TPSA) is 69.6 Å². The zero-order chi connectivity index (χ0) is 15.3. The third-order valence-corrected chi connectivity index (χ3v) is 3.21. The van der Waals surface area contributed by atoms with Crippen LogP contribution >= 0.6 is 0 Å². The van der Waals surface area contributed by atoms with Crippen molar-refractivity contribution < 1.29 is 14.7 Å². The molecule has 0 saturated heterocycles. The highest BCUT2D eigenvalue weighted by Gasteiger charge is 2.18. The lowest BCUT2D eigenvalue weighted by Gasteiger charge is -2.26. The maximum absolute atomic E-state index is 12.2. The summed E-state index contributed by atoms with van der Waals surface area (Å²) >= 11 is 0. The number of benzene rings is 1. The van der Waals surface area contributed by atoms with Crippen molar-refractivity contribution in [2.45, 2.75) is 40.2 Å². The van der Waals surface area contributed by atoms with E-state index in [-0.39, 0.29) is 25.0 Å². The van der Waals surface area contributed by atoms with Gasteiger partial charge in [0.1, 0.15) is 0 Å². The summed E-state index contributed by atoms with van der Waals surface area (Å²) in [6.45, 7) is 7.91. The Hall–Kier alpha value is -2.04. The van der Waals surface area contributed by atoms with Gasteiger partial charge in [-0.15, -0.1) is 0 Å². The number of nitrogens with zero attached hydrogens (tertiary/aromatic N) is 1. The molecule has 1 aromatic carbocycles. The van der Waals surface area contributed by atoms with Gasteiger partial charge in [0.05, 0.1) is 6.42 Å². The predicted octanol–water partition coefficient (Wildman–Crippen LogP) is 3.02. The van der Waals surface area contributed by atoms with Gasteiger partial charge in [-0.1, -0.05) is 6.07 Å². The Kier molecular flexibility index (Phi) is 5.55. The smallest absolute Gasteiger partial charge is 0.322 e. The van der Waals surface area contributed by atoms with E-state index in [1.807, 2.05) is 45.9 Å². The van der Waals surface area contributed by atoms with Gasteiger partial charge in [0.2, 0.25) is 0 Å². The number of carbonyl (C=O) groups is 2. The predicted molar refractivity (Wildman–Crippen MR) is 79.0 cm³/mol. The first-order chi connectivity index (χ1) is 9.31. The Morgan fingerprint density at radius 3 is 2.40 bits per heavy atom. The van der Waals surface area contributed by atoms with E-state index < -0.39 is 5.97 Å². The van der Waals surface area contributed by atoms with Crippen LogP contribution in [-0.2, 0) is 4.79 Å². The molecule has 0 aromatic heterocycles. The van der Waals surface area contributed by atoms with Crippen molar-refractivity contribution >= 4 is 17.7 Å². The van der Waals surface area contributed by atoms with Crippen molar-refractivity contribution in [1.82, 2.24) is 4.90 Å². The molecular formula is C15H22N2O3. The summed E-state index contributed by atoms with van der Waals surface area (Å²) in [7, 11) is 0. The third-order valence-electron chi connectivity index (χ3n) is 3.21. The number of hydrogen-bond acceptors (Lipinski definition) is 2. The largest absolute Gasteiger partial charge is 0.481 e. The summed E-state index contributed by atoms with van der Waals surface area (Å²) in [6.07, 6.45) is -0.0570. The molecule has 0 saturated carbocycles. The second-order valence-corrected chi connectivity index (χ2v) is 5.16. The van der Waals surface area contributed by atoms with Gasteiger partial charge in [0.25, 0.3) is 0 Å². The molecule has 110 valence electrons. The minimum absolute atomic E-state index is 0.0547. The average Bonchev–Trinajstić information content (AvgIpc) is 2.33. The minimum atomic E-state index is -0.908. The molecule has 20 heavy (non-hydrogen) atoms. The molecule has 0 heterocycles. The summed E-state index contributed by atoms with van der Waals surface area (Å²) in [5, 5.41) is 11.5. The van der Waals surface area contributed by atoms with E-state index in [4.69, 9.17) is 5.11 Å². The zero-order valence-electron chi connectivity index (χ0n) is 12.4. The van der Waals surface area contributed by atoms with Gasteiger partial charge in [-0.3, -0.25) is 4.79 Å². The number of anilines is 1. The summed E-state index contributed by atoms with van der Waals surface area (Å²) in [5.74, 6) is -0.908. The molecule has 0 aliphatic heterocycles. The quantitative estimate of drug-likeness (QED) is 0.869. The lowest BCUT2D eigenvalue weighted by atomic mass is 10.1. The van der Waals surface area contributed by atoms with Crippen LogP contribution in [-0.4, -0.2) is 34.6 Å². The Labute approximate surface area is 119 Å².